The number of aromatic nitrogens is 3. The fourth-order valence-corrected chi connectivity index (χ4v) is 4.42. The minimum absolute atomic E-state index is 0.158. The van der Waals surface area contributed by atoms with E-state index in [2.05, 4.69) is 10.4 Å². The van der Waals surface area contributed by atoms with Crippen LogP contribution in [0.5, 0.6) is 0 Å². The number of rotatable bonds is 6. The van der Waals surface area contributed by atoms with Gasteiger partial charge in [0.25, 0.3) is 5.56 Å². The van der Waals surface area contributed by atoms with Crippen LogP contribution < -0.4 is 10.9 Å². The molecule has 1 atom stereocenters. The molecule has 0 saturated carbocycles. The van der Waals surface area contributed by atoms with E-state index in [0.29, 0.717) is 17.1 Å². The topological polar surface area (TPSA) is 68.9 Å². The van der Waals surface area contributed by atoms with E-state index in [-0.39, 0.29) is 24.1 Å². The van der Waals surface area contributed by atoms with E-state index < -0.39 is 0 Å². The SMILES string of the molecule is C[C@H](NC(=O)Cn1ncc2c3ccccc3n(Cc3ccc(Cl)cc3)c2c1=O)c1ccccc1. The summed E-state index contributed by atoms with van der Waals surface area (Å²) in [4.78, 5) is 26.3. The van der Waals surface area contributed by atoms with E-state index in [1.54, 1.807) is 6.20 Å². The molecule has 0 radical (unpaired) electrons. The molecule has 0 spiro atoms. The number of nitrogens with one attached hydrogen (secondary N) is 1. The van der Waals surface area contributed by atoms with Crippen molar-refractivity contribution in [3.63, 3.8) is 0 Å². The Labute approximate surface area is 201 Å². The summed E-state index contributed by atoms with van der Waals surface area (Å²) in [6, 6.07) is 24.9. The maximum atomic E-state index is 13.5. The first-order valence-corrected chi connectivity index (χ1v) is 11.4. The van der Waals surface area contributed by atoms with Crippen molar-refractivity contribution in [2.24, 2.45) is 0 Å². The van der Waals surface area contributed by atoms with Crippen LogP contribution in [0.4, 0.5) is 0 Å². The van der Waals surface area contributed by atoms with E-state index in [4.69, 9.17) is 11.6 Å². The maximum absolute atomic E-state index is 13.5. The third-order valence-electron chi connectivity index (χ3n) is 6.00. The monoisotopic (exact) mass is 470 g/mol. The first-order chi connectivity index (χ1) is 16.5. The number of hydrogen-bond donors (Lipinski definition) is 1. The third-order valence-corrected chi connectivity index (χ3v) is 6.25. The van der Waals surface area contributed by atoms with Crippen LogP contribution in [0.1, 0.15) is 24.1 Å². The maximum Gasteiger partial charge on any atom is 0.291 e. The zero-order valence-electron chi connectivity index (χ0n) is 18.6. The third kappa shape index (κ3) is 4.20. The van der Waals surface area contributed by atoms with Gasteiger partial charge in [-0.2, -0.15) is 5.10 Å². The summed E-state index contributed by atoms with van der Waals surface area (Å²) < 4.78 is 3.21. The average molecular weight is 471 g/mol. The summed E-state index contributed by atoms with van der Waals surface area (Å²) in [5, 5.41) is 9.65. The lowest BCUT2D eigenvalue weighted by atomic mass is 10.1. The molecule has 6 nitrogen and oxygen atoms in total. The second-order valence-electron chi connectivity index (χ2n) is 8.30. The molecule has 170 valence electrons. The Kier molecular flexibility index (Phi) is 5.90. The van der Waals surface area contributed by atoms with Crippen LogP contribution in [-0.2, 0) is 17.9 Å². The highest BCUT2D eigenvalue weighted by Crippen LogP contribution is 2.27. The van der Waals surface area contributed by atoms with Gasteiger partial charge < -0.3 is 9.88 Å². The number of nitrogens with zero attached hydrogens (tertiary/aromatic N) is 3. The van der Waals surface area contributed by atoms with Gasteiger partial charge in [-0.15, -0.1) is 0 Å². The van der Waals surface area contributed by atoms with E-state index >= 15 is 0 Å². The van der Waals surface area contributed by atoms with Crippen molar-refractivity contribution < 1.29 is 4.79 Å². The molecule has 2 aromatic heterocycles. The highest BCUT2D eigenvalue weighted by Gasteiger charge is 2.18. The van der Waals surface area contributed by atoms with Crippen molar-refractivity contribution in [2.75, 3.05) is 0 Å². The van der Waals surface area contributed by atoms with E-state index in [1.807, 2.05) is 90.4 Å². The Morgan fingerprint density at radius 3 is 2.44 bits per heavy atom. The summed E-state index contributed by atoms with van der Waals surface area (Å²) >= 11 is 6.05. The molecule has 0 saturated heterocycles. The number of benzene rings is 3. The molecular weight excluding hydrogens is 448 g/mol. The molecule has 0 fully saturated rings. The van der Waals surface area contributed by atoms with Gasteiger partial charge in [0.05, 0.1) is 12.2 Å². The normalized spacial score (nSPS) is 12.2. The quantitative estimate of drug-likeness (QED) is 0.382. The van der Waals surface area contributed by atoms with Crippen LogP contribution in [0.3, 0.4) is 0 Å². The molecule has 0 bridgehead atoms. The fourth-order valence-electron chi connectivity index (χ4n) is 4.29. The first kappa shape index (κ1) is 21.9. The van der Waals surface area contributed by atoms with E-state index in [1.165, 1.54) is 4.68 Å². The smallest absolute Gasteiger partial charge is 0.291 e. The number of hydrogen-bond acceptors (Lipinski definition) is 3. The molecule has 0 aliphatic rings. The molecule has 0 aliphatic carbocycles. The lowest BCUT2D eigenvalue weighted by molar-refractivity contribution is -0.122. The second kappa shape index (κ2) is 9.15. The summed E-state index contributed by atoms with van der Waals surface area (Å²) in [5.74, 6) is -0.273. The number of amides is 1. The molecule has 0 aliphatic heterocycles. The Morgan fingerprint density at radius 1 is 0.971 bits per heavy atom. The number of fused-ring (bicyclic) bond motifs is 3. The molecule has 3 aromatic carbocycles. The summed E-state index contributed by atoms with van der Waals surface area (Å²) in [5.41, 5.74) is 3.17. The van der Waals surface area contributed by atoms with Crippen LogP contribution in [0, 0.1) is 0 Å². The first-order valence-electron chi connectivity index (χ1n) is 11.1. The van der Waals surface area contributed by atoms with Crippen LogP contribution >= 0.6 is 11.6 Å². The lowest BCUT2D eigenvalue weighted by Gasteiger charge is -2.14. The standard InChI is InChI=1S/C27H23ClN4O2/c1-18(20-7-3-2-4-8-20)30-25(33)17-32-27(34)26-23(15-29-32)22-9-5-6-10-24(22)31(26)16-19-11-13-21(28)14-12-19/h2-15,18H,16-17H2,1H3,(H,30,33)/t18-/m0/s1. The molecular formula is C27H23ClN4O2. The van der Waals surface area contributed by atoms with Gasteiger partial charge in [-0.05, 0) is 36.2 Å². The van der Waals surface area contributed by atoms with Gasteiger partial charge in [-0.25, -0.2) is 4.68 Å². The zero-order valence-corrected chi connectivity index (χ0v) is 19.4. The van der Waals surface area contributed by atoms with Crippen LogP contribution in [0.25, 0.3) is 21.8 Å². The van der Waals surface area contributed by atoms with Gasteiger partial charge in [0.15, 0.2) is 0 Å². The minimum Gasteiger partial charge on any atom is -0.348 e. The highest BCUT2D eigenvalue weighted by molar-refractivity contribution is 6.30. The predicted octanol–water partition coefficient (Wildman–Crippen LogP) is 4.93. The molecule has 0 unspecified atom stereocenters. The minimum atomic E-state index is -0.301. The average Bonchev–Trinajstić information content (AvgIpc) is 3.17. The molecule has 34 heavy (non-hydrogen) atoms. The number of carbonyl (C=O) groups is 1. The van der Waals surface area contributed by atoms with Gasteiger partial charge in [0, 0.05) is 27.9 Å². The van der Waals surface area contributed by atoms with Gasteiger partial charge in [-0.1, -0.05) is 72.3 Å². The van der Waals surface area contributed by atoms with Crippen molar-refractivity contribution in [2.45, 2.75) is 26.1 Å². The Hall–Kier alpha value is -3.90. The molecule has 1 N–H and O–H groups in total. The van der Waals surface area contributed by atoms with Crippen molar-refractivity contribution in [1.29, 1.82) is 0 Å². The van der Waals surface area contributed by atoms with Crippen LogP contribution in [0.2, 0.25) is 5.02 Å². The van der Waals surface area contributed by atoms with E-state index in [0.717, 1.165) is 27.4 Å². The van der Waals surface area contributed by atoms with Crippen molar-refractivity contribution in [1.82, 2.24) is 19.7 Å². The lowest BCUT2D eigenvalue weighted by Crippen LogP contribution is -2.35. The van der Waals surface area contributed by atoms with Crippen LogP contribution in [-0.4, -0.2) is 20.3 Å². The van der Waals surface area contributed by atoms with Crippen molar-refractivity contribution in [3.05, 3.63) is 112 Å². The van der Waals surface area contributed by atoms with Gasteiger partial charge in [-0.3, -0.25) is 9.59 Å². The largest absolute Gasteiger partial charge is 0.348 e. The number of carbonyl (C=O) groups excluding carboxylic acids is 1. The van der Waals surface area contributed by atoms with Crippen molar-refractivity contribution in [3.8, 4) is 0 Å². The van der Waals surface area contributed by atoms with Crippen LogP contribution in [0.15, 0.2) is 89.9 Å². The Balaban J connectivity index is 1.51. The summed E-state index contributed by atoms with van der Waals surface area (Å²) in [7, 11) is 0. The van der Waals surface area contributed by atoms with Gasteiger partial charge in [0.1, 0.15) is 12.1 Å². The Morgan fingerprint density at radius 2 is 1.68 bits per heavy atom. The van der Waals surface area contributed by atoms with Gasteiger partial charge >= 0.3 is 0 Å². The van der Waals surface area contributed by atoms with E-state index in [9.17, 15) is 9.59 Å². The molecule has 7 heteroatoms. The molecule has 5 aromatic rings. The number of para-hydroxylation sites is 1. The second-order valence-corrected chi connectivity index (χ2v) is 8.74. The molecule has 2 heterocycles. The molecule has 1 amide bonds. The summed E-state index contributed by atoms with van der Waals surface area (Å²) in [6.45, 7) is 2.25. The zero-order chi connectivity index (χ0) is 23.7. The highest BCUT2D eigenvalue weighted by atomic mass is 35.5. The summed E-state index contributed by atoms with van der Waals surface area (Å²) in [6.07, 6.45) is 1.67. The predicted molar refractivity (Wildman–Crippen MR) is 135 cm³/mol. The Bertz CT molecular complexity index is 1540. The fraction of sp³-hybridized carbons (Fsp3) is 0.148. The number of halogens is 1. The molecule has 5 rings (SSSR count). The van der Waals surface area contributed by atoms with Crippen molar-refractivity contribution >= 4 is 39.3 Å². The van der Waals surface area contributed by atoms with Gasteiger partial charge in [0.2, 0.25) is 5.91 Å².